The lowest BCUT2D eigenvalue weighted by Gasteiger charge is -2.35. The molecule has 0 radical (unpaired) electrons. The van der Waals surface area contributed by atoms with Gasteiger partial charge in [0.15, 0.2) is 5.65 Å². The number of nitrogens with one attached hydrogen (secondary N) is 2. The normalized spacial score (nSPS) is 24.6. The van der Waals surface area contributed by atoms with Crippen LogP contribution in [-0.4, -0.2) is 28.0 Å². The zero-order chi connectivity index (χ0) is 12.6. The van der Waals surface area contributed by atoms with Crippen molar-refractivity contribution in [1.29, 1.82) is 0 Å². The number of H-pyrrole nitrogens is 1. The number of aromatic nitrogens is 3. The number of fused-ring (bicyclic) bond motifs is 1. The first-order chi connectivity index (χ1) is 8.73. The van der Waals surface area contributed by atoms with Crippen LogP contribution >= 0.6 is 0 Å². The van der Waals surface area contributed by atoms with Crippen molar-refractivity contribution in [1.82, 2.24) is 20.3 Å². The molecular weight excluding hydrogens is 224 g/mol. The SMILES string of the molecule is CCC1(c2nc3ncc(C)cc3[nH]2)CCCNC1. The first-order valence-corrected chi connectivity index (χ1v) is 6.77. The van der Waals surface area contributed by atoms with E-state index in [1.54, 1.807) is 0 Å². The minimum atomic E-state index is 0.160. The van der Waals surface area contributed by atoms with Gasteiger partial charge in [-0.2, -0.15) is 0 Å². The number of hydrogen-bond donors (Lipinski definition) is 2. The van der Waals surface area contributed by atoms with Crippen LogP contribution in [0, 0.1) is 6.92 Å². The van der Waals surface area contributed by atoms with Gasteiger partial charge in [-0.3, -0.25) is 0 Å². The molecular formula is C14H20N4. The molecule has 1 saturated heterocycles. The molecule has 0 saturated carbocycles. The summed E-state index contributed by atoms with van der Waals surface area (Å²) in [6, 6.07) is 2.12. The van der Waals surface area contributed by atoms with Crippen molar-refractivity contribution in [3.63, 3.8) is 0 Å². The standard InChI is InChI=1S/C14H20N4/c1-3-14(5-4-6-15-9-14)13-17-11-7-10(2)8-16-12(11)18-13/h7-8,15H,3-6,9H2,1-2H3,(H,16,17,18). The molecule has 0 aromatic carbocycles. The molecule has 2 aromatic rings. The molecule has 3 rings (SSSR count). The van der Waals surface area contributed by atoms with Gasteiger partial charge < -0.3 is 10.3 Å². The Kier molecular flexibility index (Phi) is 2.82. The summed E-state index contributed by atoms with van der Waals surface area (Å²) in [6.07, 6.45) is 5.41. The molecule has 4 nitrogen and oxygen atoms in total. The first kappa shape index (κ1) is 11.7. The Hall–Kier alpha value is -1.42. The topological polar surface area (TPSA) is 53.6 Å². The Morgan fingerprint density at radius 1 is 1.44 bits per heavy atom. The van der Waals surface area contributed by atoms with E-state index in [9.17, 15) is 0 Å². The predicted molar refractivity (Wildman–Crippen MR) is 72.7 cm³/mol. The third-order valence-electron chi connectivity index (χ3n) is 4.13. The summed E-state index contributed by atoms with van der Waals surface area (Å²) < 4.78 is 0. The van der Waals surface area contributed by atoms with Crippen molar-refractivity contribution in [2.24, 2.45) is 0 Å². The largest absolute Gasteiger partial charge is 0.340 e. The van der Waals surface area contributed by atoms with E-state index in [4.69, 9.17) is 4.98 Å². The maximum absolute atomic E-state index is 4.71. The lowest BCUT2D eigenvalue weighted by Crippen LogP contribution is -2.43. The Morgan fingerprint density at radius 2 is 2.33 bits per heavy atom. The van der Waals surface area contributed by atoms with Crippen molar-refractivity contribution in [2.45, 2.75) is 38.5 Å². The highest BCUT2D eigenvalue weighted by molar-refractivity contribution is 5.71. The molecule has 1 fully saturated rings. The van der Waals surface area contributed by atoms with Crippen LogP contribution in [0.5, 0.6) is 0 Å². The lowest BCUT2D eigenvalue weighted by atomic mass is 9.77. The van der Waals surface area contributed by atoms with Gasteiger partial charge in [-0.05, 0) is 44.4 Å². The highest BCUT2D eigenvalue weighted by Crippen LogP contribution is 2.33. The summed E-state index contributed by atoms with van der Waals surface area (Å²) in [6.45, 7) is 6.45. The second kappa shape index (κ2) is 4.35. The number of nitrogens with zero attached hydrogens (tertiary/aromatic N) is 2. The number of hydrogen-bond acceptors (Lipinski definition) is 3. The van der Waals surface area contributed by atoms with Crippen LogP contribution in [0.15, 0.2) is 12.3 Å². The van der Waals surface area contributed by atoms with E-state index in [0.717, 1.165) is 36.5 Å². The van der Waals surface area contributed by atoms with Gasteiger partial charge in [0.25, 0.3) is 0 Å². The summed E-state index contributed by atoms with van der Waals surface area (Å²) in [7, 11) is 0. The molecule has 0 amide bonds. The van der Waals surface area contributed by atoms with Gasteiger partial charge in [-0.25, -0.2) is 9.97 Å². The fraction of sp³-hybridized carbons (Fsp3) is 0.571. The van der Waals surface area contributed by atoms with E-state index in [0.29, 0.717) is 0 Å². The van der Waals surface area contributed by atoms with Crippen LogP contribution in [0.2, 0.25) is 0 Å². The Morgan fingerprint density at radius 3 is 3.06 bits per heavy atom. The van der Waals surface area contributed by atoms with Gasteiger partial charge in [-0.1, -0.05) is 6.92 Å². The van der Waals surface area contributed by atoms with E-state index in [1.807, 2.05) is 6.20 Å². The Bertz CT molecular complexity index is 552. The van der Waals surface area contributed by atoms with Crippen molar-refractivity contribution in [2.75, 3.05) is 13.1 Å². The minimum absolute atomic E-state index is 0.160. The summed E-state index contributed by atoms with van der Waals surface area (Å²) in [5.74, 6) is 1.10. The number of imidazole rings is 1. The molecule has 1 aliphatic heterocycles. The highest BCUT2D eigenvalue weighted by atomic mass is 15.0. The molecule has 1 atom stereocenters. The fourth-order valence-corrected chi connectivity index (χ4v) is 2.89. The van der Waals surface area contributed by atoms with Gasteiger partial charge in [0.2, 0.25) is 0 Å². The molecule has 0 bridgehead atoms. The number of aryl methyl sites for hydroxylation is 1. The van der Waals surface area contributed by atoms with Gasteiger partial charge in [0.1, 0.15) is 5.82 Å². The van der Waals surface area contributed by atoms with Crippen molar-refractivity contribution in [3.05, 3.63) is 23.7 Å². The average Bonchev–Trinajstić information content (AvgIpc) is 2.83. The maximum Gasteiger partial charge on any atom is 0.177 e. The number of rotatable bonds is 2. The maximum atomic E-state index is 4.71. The van der Waals surface area contributed by atoms with Crippen LogP contribution in [0.4, 0.5) is 0 Å². The van der Waals surface area contributed by atoms with Crippen molar-refractivity contribution in [3.8, 4) is 0 Å². The van der Waals surface area contributed by atoms with Gasteiger partial charge in [-0.15, -0.1) is 0 Å². The van der Waals surface area contributed by atoms with Gasteiger partial charge >= 0.3 is 0 Å². The van der Waals surface area contributed by atoms with E-state index in [1.165, 1.54) is 18.4 Å². The van der Waals surface area contributed by atoms with E-state index >= 15 is 0 Å². The van der Waals surface area contributed by atoms with Gasteiger partial charge in [0.05, 0.1) is 5.52 Å². The molecule has 96 valence electrons. The predicted octanol–water partition coefficient (Wildman–Crippen LogP) is 2.30. The lowest BCUT2D eigenvalue weighted by molar-refractivity contribution is 0.290. The molecule has 2 aromatic heterocycles. The highest BCUT2D eigenvalue weighted by Gasteiger charge is 2.35. The minimum Gasteiger partial charge on any atom is -0.340 e. The molecule has 1 aliphatic rings. The molecule has 0 aliphatic carbocycles. The average molecular weight is 244 g/mol. The summed E-state index contributed by atoms with van der Waals surface area (Å²) in [5.41, 5.74) is 3.23. The van der Waals surface area contributed by atoms with Crippen molar-refractivity contribution < 1.29 is 0 Å². The Balaban J connectivity index is 2.06. The monoisotopic (exact) mass is 244 g/mol. The molecule has 1 unspecified atom stereocenters. The Labute approximate surface area is 107 Å². The van der Waals surface area contributed by atoms with Crippen LogP contribution in [0.3, 0.4) is 0 Å². The zero-order valence-electron chi connectivity index (χ0n) is 11.1. The number of pyridine rings is 1. The van der Waals surface area contributed by atoms with Crippen LogP contribution in [0.1, 0.15) is 37.6 Å². The van der Waals surface area contributed by atoms with Crippen molar-refractivity contribution >= 4 is 11.2 Å². The number of piperidine rings is 1. The summed E-state index contributed by atoms with van der Waals surface area (Å²) >= 11 is 0. The smallest absolute Gasteiger partial charge is 0.177 e. The van der Waals surface area contributed by atoms with Crippen LogP contribution in [-0.2, 0) is 5.41 Å². The second-order valence-corrected chi connectivity index (χ2v) is 5.38. The van der Waals surface area contributed by atoms with E-state index in [-0.39, 0.29) is 5.41 Å². The molecule has 18 heavy (non-hydrogen) atoms. The quantitative estimate of drug-likeness (QED) is 0.852. The summed E-state index contributed by atoms with van der Waals surface area (Å²) in [5, 5.41) is 3.50. The molecule has 0 spiro atoms. The zero-order valence-corrected chi connectivity index (χ0v) is 11.1. The second-order valence-electron chi connectivity index (χ2n) is 5.38. The van der Waals surface area contributed by atoms with Crippen LogP contribution < -0.4 is 5.32 Å². The fourth-order valence-electron chi connectivity index (χ4n) is 2.89. The molecule has 3 heterocycles. The van der Waals surface area contributed by atoms with E-state index < -0.39 is 0 Å². The summed E-state index contributed by atoms with van der Waals surface area (Å²) in [4.78, 5) is 12.6. The molecule has 2 N–H and O–H groups in total. The first-order valence-electron chi connectivity index (χ1n) is 6.77. The van der Waals surface area contributed by atoms with Gasteiger partial charge in [0, 0.05) is 18.2 Å². The molecule has 4 heteroatoms. The van der Waals surface area contributed by atoms with Crippen LogP contribution in [0.25, 0.3) is 11.2 Å². The third kappa shape index (κ3) is 1.81. The third-order valence-corrected chi connectivity index (χ3v) is 4.13. The van der Waals surface area contributed by atoms with E-state index in [2.05, 4.69) is 35.2 Å². The number of aromatic amines is 1.